The fourth-order valence-corrected chi connectivity index (χ4v) is 1.24. The standard InChI is InChI=1S/C13H29NO/c1-11(2)6-8-15-9-7-13(5)10-14-12(3)4/h11-14H,6-10H2,1-5H3. The first-order valence-electron chi connectivity index (χ1n) is 6.33. The average molecular weight is 215 g/mol. The van der Waals surface area contributed by atoms with Gasteiger partial charge in [-0.15, -0.1) is 0 Å². The van der Waals surface area contributed by atoms with Crippen molar-refractivity contribution in [3.63, 3.8) is 0 Å². The van der Waals surface area contributed by atoms with E-state index < -0.39 is 0 Å². The van der Waals surface area contributed by atoms with E-state index in [4.69, 9.17) is 4.74 Å². The lowest BCUT2D eigenvalue weighted by atomic mass is 10.1. The molecule has 0 aromatic carbocycles. The SMILES string of the molecule is CC(C)CCOCCC(C)CNC(C)C. The number of nitrogens with one attached hydrogen (secondary N) is 1. The Morgan fingerprint density at radius 1 is 0.933 bits per heavy atom. The van der Waals surface area contributed by atoms with Crippen molar-refractivity contribution in [3.05, 3.63) is 0 Å². The summed E-state index contributed by atoms with van der Waals surface area (Å²) in [5.74, 6) is 1.47. The molecule has 0 spiro atoms. The molecule has 2 nitrogen and oxygen atoms in total. The van der Waals surface area contributed by atoms with E-state index >= 15 is 0 Å². The van der Waals surface area contributed by atoms with Crippen molar-refractivity contribution >= 4 is 0 Å². The number of ether oxygens (including phenoxy) is 1. The van der Waals surface area contributed by atoms with Gasteiger partial charge in [-0.05, 0) is 31.2 Å². The molecule has 0 saturated heterocycles. The molecule has 0 radical (unpaired) electrons. The third kappa shape index (κ3) is 11.8. The molecule has 0 aliphatic rings. The van der Waals surface area contributed by atoms with E-state index in [1.54, 1.807) is 0 Å². The molecule has 0 heterocycles. The Bertz CT molecular complexity index is 134. The highest BCUT2D eigenvalue weighted by atomic mass is 16.5. The van der Waals surface area contributed by atoms with Crippen LogP contribution in [0.2, 0.25) is 0 Å². The van der Waals surface area contributed by atoms with E-state index in [-0.39, 0.29) is 0 Å². The second-order valence-corrected chi connectivity index (χ2v) is 5.25. The van der Waals surface area contributed by atoms with Crippen molar-refractivity contribution in [3.8, 4) is 0 Å². The minimum absolute atomic E-state index is 0.592. The zero-order chi connectivity index (χ0) is 11.7. The molecule has 1 unspecified atom stereocenters. The molecule has 0 aliphatic heterocycles. The third-order valence-electron chi connectivity index (χ3n) is 2.47. The molecule has 15 heavy (non-hydrogen) atoms. The summed E-state index contributed by atoms with van der Waals surface area (Å²) in [6.07, 6.45) is 2.34. The summed E-state index contributed by atoms with van der Waals surface area (Å²) >= 11 is 0. The molecule has 2 heteroatoms. The van der Waals surface area contributed by atoms with Crippen LogP contribution in [0.3, 0.4) is 0 Å². The van der Waals surface area contributed by atoms with E-state index in [0.717, 1.165) is 32.1 Å². The number of hydrogen-bond donors (Lipinski definition) is 1. The van der Waals surface area contributed by atoms with E-state index in [9.17, 15) is 0 Å². The molecule has 92 valence electrons. The molecule has 1 atom stereocenters. The second kappa shape index (κ2) is 9.17. The molecule has 0 aliphatic carbocycles. The highest BCUT2D eigenvalue weighted by Gasteiger charge is 2.02. The number of hydrogen-bond acceptors (Lipinski definition) is 2. The number of rotatable bonds is 9. The summed E-state index contributed by atoms with van der Waals surface area (Å²) < 4.78 is 5.59. The molecular formula is C13H29NO. The first-order valence-corrected chi connectivity index (χ1v) is 6.33. The van der Waals surface area contributed by atoms with E-state index in [2.05, 4.69) is 39.9 Å². The topological polar surface area (TPSA) is 21.3 Å². The molecule has 0 aromatic heterocycles. The minimum Gasteiger partial charge on any atom is -0.381 e. The maximum atomic E-state index is 5.59. The zero-order valence-electron chi connectivity index (χ0n) is 11.2. The lowest BCUT2D eigenvalue weighted by Gasteiger charge is -2.15. The molecule has 1 N–H and O–H groups in total. The molecule has 0 fully saturated rings. The largest absolute Gasteiger partial charge is 0.381 e. The lowest BCUT2D eigenvalue weighted by Crippen LogP contribution is -2.28. The Labute approximate surface area is 95.8 Å². The summed E-state index contributed by atoms with van der Waals surface area (Å²) in [5.41, 5.74) is 0. The summed E-state index contributed by atoms with van der Waals surface area (Å²) in [6.45, 7) is 14.1. The maximum Gasteiger partial charge on any atom is 0.0469 e. The first kappa shape index (κ1) is 14.9. The van der Waals surface area contributed by atoms with Gasteiger partial charge in [0, 0.05) is 19.3 Å². The van der Waals surface area contributed by atoms with Crippen LogP contribution in [0.25, 0.3) is 0 Å². The fourth-order valence-electron chi connectivity index (χ4n) is 1.24. The van der Waals surface area contributed by atoms with Gasteiger partial charge in [0.25, 0.3) is 0 Å². The van der Waals surface area contributed by atoms with Crippen LogP contribution in [-0.2, 0) is 4.74 Å². The Morgan fingerprint density at radius 3 is 2.07 bits per heavy atom. The Morgan fingerprint density at radius 2 is 1.53 bits per heavy atom. The minimum atomic E-state index is 0.592. The van der Waals surface area contributed by atoms with Crippen LogP contribution in [0.4, 0.5) is 0 Å². The van der Waals surface area contributed by atoms with Gasteiger partial charge in [-0.25, -0.2) is 0 Å². The van der Waals surface area contributed by atoms with Gasteiger partial charge < -0.3 is 10.1 Å². The van der Waals surface area contributed by atoms with Gasteiger partial charge in [0.05, 0.1) is 0 Å². The van der Waals surface area contributed by atoms with E-state index in [1.165, 1.54) is 6.42 Å². The van der Waals surface area contributed by atoms with Crippen molar-refractivity contribution in [2.45, 2.75) is 53.5 Å². The van der Waals surface area contributed by atoms with Gasteiger partial charge in [0.2, 0.25) is 0 Å². The van der Waals surface area contributed by atoms with Crippen molar-refractivity contribution in [2.24, 2.45) is 11.8 Å². The van der Waals surface area contributed by atoms with Crippen molar-refractivity contribution in [1.29, 1.82) is 0 Å². The van der Waals surface area contributed by atoms with Crippen LogP contribution in [0, 0.1) is 11.8 Å². The van der Waals surface area contributed by atoms with Gasteiger partial charge in [0.1, 0.15) is 0 Å². The highest BCUT2D eigenvalue weighted by molar-refractivity contribution is 4.59. The van der Waals surface area contributed by atoms with Crippen LogP contribution in [0.15, 0.2) is 0 Å². The third-order valence-corrected chi connectivity index (χ3v) is 2.47. The highest BCUT2D eigenvalue weighted by Crippen LogP contribution is 2.03. The summed E-state index contributed by atoms with van der Waals surface area (Å²) in [7, 11) is 0. The van der Waals surface area contributed by atoms with Crippen molar-refractivity contribution < 1.29 is 4.74 Å². The molecule has 0 amide bonds. The smallest absolute Gasteiger partial charge is 0.0469 e. The maximum absolute atomic E-state index is 5.59. The molecule has 0 saturated carbocycles. The molecule has 0 aromatic rings. The van der Waals surface area contributed by atoms with Crippen LogP contribution in [0.1, 0.15) is 47.5 Å². The normalized spacial score (nSPS) is 13.8. The Balaban J connectivity index is 3.20. The summed E-state index contributed by atoms with van der Waals surface area (Å²) in [6, 6.07) is 0.592. The molecular weight excluding hydrogens is 186 g/mol. The summed E-state index contributed by atoms with van der Waals surface area (Å²) in [5, 5.41) is 3.45. The average Bonchev–Trinajstić information content (AvgIpc) is 2.13. The van der Waals surface area contributed by atoms with Gasteiger partial charge in [-0.3, -0.25) is 0 Å². The lowest BCUT2D eigenvalue weighted by molar-refractivity contribution is 0.112. The van der Waals surface area contributed by atoms with Gasteiger partial charge in [0.15, 0.2) is 0 Å². The second-order valence-electron chi connectivity index (χ2n) is 5.25. The van der Waals surface area contributed by atoms with Crippen LogP contribution < -0.4 is 5.32 Å². The van der Waals surface area contributed by atoms with Crippen LogP contribution in [-0.4, -0.2) is 25.8 Å². The fraction of sp³-hybridized carbons (Fsp3) is 1.00. The van der Waals surface area contributed by atoms with Crippen molar-refractivity contribution in [2.75, 3.05) is 19.8 Å². The van der Waals surface area contributed by atoms with Gasteiger partial charge >= 0.3 is 0 Å². The zero-order valence-corrected chi connectivity index (χ0v) is 11.2. The van der Waals surface area contributed by atoms with E-state index in [1.807, 2.05) is 0 Å². The summed E-state index contributed by atoms with van der Waals surface area (Å²) in [4.78, 5) is 0. The van der Waals surface area contributed by atoms with Crippen molar-refractivity contribution in [1.82, 2.24) is 5.32 Å². The Hall–Kier alpha value is -0.0800. The van der Waals surface area contributed by atoms with Gasteiger partial charge in [-0.1, -0.05) is 34.6 Å². The molecule has 0 rings (SSSR count). The Kier molecular flexibility index (Phi) is 9.12. The van der Waals surface area contributed by atoms with E-state index in [0.29, 0.717) is 12.0 Å². The first-order chi connectivity index (χ1) is 7.02. The van der Waals surface area contributed by atoms with Crippen LogP contribution in [0.5, 0.6) is 0 Å². The molecule has 0 bridgehead atoms. The van der Waals surface area contributed by atoms with Crippen LogP contribution >= 0.6 is 0 Å². The predicted octanol–water partition coefficient (Wildman–Crippen LogP) is 3.07. The quantitative estimate of drug-likeness (QED) is 0.597. The monoisotopic (exact) mass is 215 g/mol. The predicted molar refractivity (Wildman–Crippen MR) is 67.2 cm³/mol. The van der Waals surface area contributed by atoms with Gasteiger partial charge in [-0.2, -0.15) is 0 Å².